The average Bonchev–Trinajstić information content (AvgIpc) is 2.68. The molecule has 0 aromatic heterocycles. The second-order valence-corrected chi connectivity index (χ2v) is 6.53. The van der Waals surface area contributed by atoms with Crippen molar-refractivity contribution in [1.29, 1.82) is 0 Å². The second kappa shape index (κ2) is 10.9. The van der Waals surface area contributed by atoms with E-state index in [1.165, 1.54) is 22.3 Å². The number of carboxylic acids is 2. The van der Waals surface area contributed by atoms with Crippen molar-refractivity contribution >= 4 is 17.8 Å². The minimum atomic E-state index is -2.27. The van der Waals surface area contributed by atoms with Crippen LogP contribution in [0.2, 0.25) is 0 Å². The molecule has 8 nitrogen and oxygen atoms in total. The van der Waals surface area contributed by atoms with E-state index in [1.807, 2.05) is 0 Å². The molecule has 0 saturated heterocycles. The highest BCUT2D eigenvalue weighted by Gasteiger charge is 2.29. The molecule has 0 fully saturated rings. The minimum Gasteiger partial charge on any atom is -0.479 e. The number of aliphatic hydroxyl groups excluding tert-OH is 2. The van der Waals surface area contributed by atoms with Crippen molar-refractivity contribution in [3.05, 3.63) is 59.2 Å². The van der Waals surface area contributed by atoms with Crippen LogP contribution >= 0.6 is 0 Å². The maximum absolute atomic E-state index is 10.8. The fraction of sp³-hybridized carbons (Fsp3) is 0.286. The van der Waals surface area contributed by atoms with Crippen molar-refractivity contribution < 1.29 is 34.8 Å². The summed E-state index contributed by atoms with van der Waals surface area (Å²) >= 11 is 0. The summed E-state index contributed by atoms with van der Waals surface area (Å²) in [4.78, 5) is 30.3. The van der Waals surface area contributed by atoms with Crippen molar-refractivity contribution in [2.24, 2.45) is 5.73 Å². The maximum atomic E-state index is 10.8. The van der Waals surface area contributed by atoms with E-state index in [-0.39, 0.29) is 5.91 Å². The molecule has 1 amide bonds. The molecule has 8 heteroatoms. The van der Waals surface area contributed by atoms with E-state index >= 15 is 0 Å². The van der Waals surface area contributed by atoms with Crippen molar-refractivity contribution in [2.75, 3.05) is 0 Å². The standard InChI is InChI=1S/C17H19NO.C4H6O6/c1-12-3-7-16(11-13(12)2)15-8-4-14(5-9-15)6-10-17(18)19;5-1(3(7)8)2(6)4(9)10/h3-5,7-9,11H,6,10H2,1-2H3,(H2,18,19);1-2,5-6H,(H,7,8)(H,9,10). The summed E-state index contributed by atoms with van der Waals surface area (Å²) in [5, 5.41) is 32.5. The van der Waals surface area contributed by atoms with Crippen LogP contribution < -0.4 is 5.73 Å². The summed E-state index contributed by atoms with van der Waals surface area (Å²) in [5.74, 6) is -3.79. The monoisotopic (exact) mass is 403 g/mol. The molecule has 2 aromatic rings. The Morgan fingerprint density at radius 2 is 1.31 bits per heavy atom. The number of hydrogen-bond acceptors (Lipinski definition) is 5. The average molecular weight is 403 g/mol. The first-order chi connectivity index (χ1) is 13.5. The molecule has 156 valence electrons. The first kappa shape index (κ1) is 23.8. The van der Waals surface area contributed by atoms with Crippen molar-refractivity contribution in [3.63, 3.8) is 0 Å². The fourth-order valence-electron chi connectivity index (χ4n) is 2.32. The SMILES string of the molecule is Cc1ccc(-c2ccc(CCC(N)=O)cc2)cc1C.O=C(O)C(O)C(O)C(=O)O. The van der Waals surface area contributed by atoms with Crippen LogP contribution in [-0.4, -0.2) is 50.5 Å². The van der Waals surface area contributed by atoms with Gasteiger partial charge in [0, 0.05) is 6.42 Å². The quantitative estimate of drug-likeness (QED) is 0.465. The zero-order valence-corrected chi connectivity index (χ0v) is 16.2. The number of primary amides is 1. The zero-order valence-electron chi connectivity index (χ0n) is 16.2. The number of nitrogens with two attached hydrogens (primary N) is 1. The highest BCUT2D eigenvalue weighted by molar-refractivity contribution is 5.83. The van der Waals surface area contributed by atoms with Crippen LogP contribution in [0.1, 0.15) is 23.1 Å². The summed E-state index contributed by atoms with van der Waals surface area (Å²) in [6.07, 6.45) is -3.42. The third kappa shape index (κ3) is 7.73. The molecule has 0 spiro atoms. The Labute approximate surface area is 168 Å². The van der Waals surface area contributed by atoms with Crippen LogP contribution in [0.15, 0.2) is 42.5 Å². The zero-order chi connectivity index (χ0) is 22.1. The summed E-state index contributed by atoms with van der Waals surface area (Å²) in [6.45, 7) is 4.24. The van der Waals surface area contributed by atoms with Gasteiger partial charge in [-0.05, 0) is 48.1 Å². The second-order valence-electron chi connectivity index (χ2n) is 6.53. The molecule has 2 unspecified atom stereocenters. The van der Waals surface area contributed by atoms with Crippen LogP contribution in [0.5, 0.6) is 0 Å². The molecule has 29 heavy (non-hydrogen) atoms. The van der Waals surface area contributed by atoms with Crippen LogP contribution in [0.25, 0.3) is 11.1 Å². The van der Waals surface area contributed by atoms with Gasteiger partial charge in [-0.25, -0.2) is 9.59 Å². The van der Waals surface area contributed by atoms with E-state index in [2.05, 4.69) is 56.3 Å². The normalized spacial score (nSPS) is 12.3. The first-order valence-electron chi connectivity index (χ1n) is 8.79. The smallest absolute Gasteiger partial charge is 0.335 e. The Morgan fingerprint density at radius 3 is 1.72 bits per heavy atom. The number of benzene rings is 2. The number of rotatable bonds is 7. The fourth-order valence-corrected chi connectivity index (χ4v) is 2.32. The lowest BCUT2D eigenvalue weighted by molar-refractivity contribution is -0.165. The van der Waals surface area contributed by atoms with Crippen LogP contribution in [-0.2, 0) is 20.8 Å². The van der Waals surface area contributed by atoms with Gasteiger partial charge in [0.2, 0.25) is 5.91 Å². The number of aliphatic hydroxyl groups is 2. The van der Waals surface area contributed by atoms with Gasteiger partial charge in [-0.3, -0.25) is 4.79 Å². The van der Waals surface area contributed by atoms with E-state index < -0.39 is 24.1 Å². The molecule has 0 bridgehead atoms. The van der Waals surface area contributed by atoms with E-state index in [0.717, 1.165) is 5.56 Å². The van der Waals surface area contributed by atoms with E-state index in [1.54, 1.807) is 0 Å². The third-order valence-electron chi connectivity index (χ3n) is 4.26. The Kier molecular flexibility index (Phi) is 8.98. The van der Waals surface area contributed by atoms with Crippen LogP contribution in [0, 0.1) is 13.8 Å². The molecule has 0 saturated carbocycles. The molecular weight excluding hydrogens is 378 g/mol. The number of hydrogen-bond donors (Lipinski definition) is 5. The van der Waals surface area contributed by atoms with Gasteiger partial charge in [0.05, 0.1) is 0 Å². The molecule has 0 aliphatic carbocycles. The minimum absolute atomic E-state index is 0.252. The molecule has 2 atom stereocenters. The Balaban J connectivity index is 0.000000359. The molecule has 2 rings (SSSR count). The number of aliphatic carboxylic acids is 2. The van der Waals surface area contributed by atoms with Gasteiger partial charge < -0.3 is 26.2 Å². The van der Waals surface area contributed by atoms with Gasteiger partial charge in [-0.1, -0.05) is 42.5 Å². The van der Waals surface area contributed by atoms with E-state index in [9.17, 15) is 14.4 Å². The van der Waals surface area contributed by atoms with Gasteiger partial charge in [-0.15, -0.1) is 0 Å². The Morgan fingerprint density at radius 1 is 0.828 bits per heavy atom. The molecule has 0 heterocycles. The van der Waals surface area contributed by atoms with Crippen LogP contribution in [0.3, 0.4) is 0 Å². The number of aryl methyl sites for hydroxylation is 3. The molecule has 0 radical (unpaired) electrons. The van der Waals surface area contributed by atoms with Crippen LogP contribution in [0.4, 0.5) is 0 Å². The van der Waals surface area contributed by atoms with Gasteiger partial charge in [0.1, 0.15) is 0 Å². The summed E-state index contributed by atoms with van der Waals surface area (Å²) in [5.41, 5.74) is 11.3. The number of amides is 1. The highest BCUT2D eigenvalue weighted by atomic mass is 16.4. The van der Waals surface area contributed by atoms with E-state index in [0.29, 0.717) is 12.8 Å². The topological polar surface area (TPSA) is 158 Å². The van der Waals surface area contributed by atoms with Crippen molar-refractivity contribution in [2.45, 2.75) is 38.9 Å². The predicted molar refractivity (Wildman–Crippen MR) is 106 cm³/mol. The third-order valence-corrected chi connectivity index (χ3v) is 4.26. The molecular formula is C21H25NO7. The Hall–Kier alpha value is -3.23. The van der Waals surface area contributed by atoms with Gasteiger partial charge in [-0.2, -0.15) is 0 Å². The lowest BCUT2D eigenvalue weighted by atomic mass is 9.99. The molecule has 0 aliphatic rings. The number of carbonyl (C=O) groups is 3. The van der Waals surface area contributed by atoms with Gasteiger partial charge in [0.25, 0.3) is 0 Å². The van der Waals surface area contributed by atoms with Crippen molar-refractivity contribution in [1.82, 2.24) is 0 Å². The summed E-state index contributed by atoms with van der Waals surface area (Å²) in [7, 11) is 0. The maximum Gasteiger partial charge on any atom is 0.335 e. The largest absolute Gasteiger partial charge is 0.479 e. The molecule has 2 aromatic carbocycles. The van der Waals surface area contributed by atoms with Crippen molar-refractivity contribution in [3.8, 4) is 11.1 Å². The molecule has 6 N–H and O–H groups in total. The molecule has 0 aliphatic heterocycles. The number of carboxylic acid groups (broad SMARTS) is 2. The lowest BCUT2D eigenvalue weighted by Gasteiger charge is -2.07. The van der Waals surface area contributed by atoms with E-state index in [4.69, 9.17) is 26.2 Å². The van der Waals surface area contributed by atoms with Gasteiger partial charge >= 0.3 is 11.9 Å². The van der Waals surface area contributed by atoms with Gasteiger partial charge in [0.15, 0.2) is 12.2 Å². The summed E-state index contributed by atoms with van der Waals surface area (Å²) in [6, 6.07) is 14.8. The first-order valence-corrected chi connectivity index (χ1v) is 8.79. The predicted octanol–water partition coefficient (Wildman–Crippen LogP) is 1.27. The Bertz CT molecular complexity index is 844. The lowest BCUT2D eigenvalue weighted by Crippen LogP contribution is -2.39. The highest BCUT2D eigenvalue weighted by Crippen LogP contribution is 2.22. The number of carbonyl (C=O) groups excluding carboxylic acids is 1. The summed E-state index contributed by atoms with van der Waals surface area (Å²) < 4.78 is 0.